The van der Waals surface area contributed by atoms with Crippen LogP contribution < -0.4 is 20.3 Å². The number of carbonyl (C=O) groups excluding carboxylic acids is 2. The summed E-state index contributed by atoms with van der Waals surface area (Å²) in [5, 5.41) is 6.79. The Kier molecular flexibility index (Phi) is 10.7. The molecule has 1 aromatic heterocycles. The van der Waals surface area contributed by atoms with Gasteiger partial charge in [-0.15, -0.1) is 0 Å². The Hall–Kier alpha value is -2.50. The second kappa shape index (κ2) is 13.5. The van der Waals surface area contributed by atoms with E-state index in [1.165, 1.54) is 11.9 Å². The zero-order valence-electron chi connectivity index (χ0n) is 23.4. The summed E-state index contributed by atoms with van der Waals surface area (Å²) < 4.78 is 14.0. The minimum Gasteiger partial charge on any atom is -0.447 e. The topological polar surface area (TPSA) is 105 Å². The molecule has 0 spiro atoms. The van der Waals surface area contributed by atoms with E-state index in [0.717, 1.165) is 52.8 Å². The van der Waals surface area contributed by atoms with E-state index < -0.39 is 6.09 Å². The summed E-state index contributed by atoms with van der Waals surface area (Å²) in [5.41, 5.74) is 1.62. The molecule has 2 heterocycles. The summed E-state index contributed by atoms with van der Waals surface area (Å²) in [7, 11) is 0. The molecule has 2 amide bonds. The molecule has 9 nitrogen and oxygen atoms in total. The number of aromatic nitrogens is 1. The molecular weight excluding hydrogens is 522 g/mol. The Morgan fingerprint density at radius 3 is 2.47 bits per heavy atom. The maximum absolute atomic E-state index is 12.1. The molecule has 3 rings (SSSR count). The molecule has 0 aliphatic carbocycles. The molecule has 38 heavy (non-hydrogen) atoms. The third-order valence-corrected chi connectivity index (χ3v) is 7.82. The Morgan fingerprint density at radius 2 is 1.79 bits per heavy atom. The highest BCUT2D eigenvalue weighted by atomic mass is 32.2. The van der Waals surface area contributed by atoms with Crippen LogP contribution in [-0.4, -0.2) is 54.0 Å². The van der Waals surface area contributed by atoms with Crippen molar-refractivity contribution < 1.29 is 19.1 Å². The molecule has 3 N–H and O–H groups in total. The maximum atomic E-state index is 12.1. The molecule has 0 saturated carbocycles. The lowest BCUT2D eigenvalue weighted by molar-refractivity contribution is 0.111. The molecule has 1 atom stereocenters. The van der Waals surface area contributed by atoms with Crippen LogP contribution in [0, 0.1) is 0 Å². The van der Waals surface area contributed by atoms with E-state index in [1.807, 2.05) is 52.1 Å². The molecule has 1 unspecified atom stereocenters. The second-order valence-electron chi connectivity index (χ2n) is 11.0. The SMILES string of the molecule is CC(C)OC(=O)Nc1ccc(-c2cnc(N3CCCC(NC(=O)OC(C)C)CC3)s2)c(SNC(C)(C)C)c1. The first kappa shape index (κ1) is 30.0. The van der Waals surface area contributed by atoms with E-state index in [-0.39, 0.29) is 29.9 Å². The zero-order chi connectivity index (χ0) is 27.9. The van der Waals surface area contributed by atoms with Crippen LogP contribution in [0.15, 0.2) is 29.3 Å². The molecule has 0 bridgehead atoms. The van der Waals surface area contributed by atoms with Crippen molar-refractivity contribution in [1.82, 2.24) is 15.0 Å². The number of hydrogen-bond acceptors (Lipinski definition) is 9. The summed E-state index contributed by atoms with van der Waals surface area (Å²) in [6.45, 7) is 15.4. The number of amides is 2. The summed E-state index contributed by atoms with van der Waals surface area (Å²) >= 11 is 3.18. The molecule has 1 fully saturated rings. The number of rotatable bonds is 8. The first-order valence-corrected chi connectivity index (χ1v) is 14.8. The van der Waals surface area contributed by atoms with Gasteiger partial charge in [-0.25, -0.2) is 14.6 Å². The number of nitrogens with one attached hydrogen (secondary N) is 3. The summed E-state index contributed by atoms with van der Waals surface area (Å²) in [4.78, 5) is 33.3. The van der Waals surface area contributed by atoms with E-state index in [0.29, 0.717) is 5.69 Å². The van der Waals surface area contributed by atoms with Crippen LogP contribution in [0.4, 0.5) is 20.4 Å². The highest BCUT2D eigenvalue weighted by Crippen LogP contribution is 2.39. The zero-order valence-corrected chi connectivity index (χ0v) is 25.1. The number of nitrogens with zero attached hydrogens (tertiary/aromatic N) is 2. The Bertz CT molecular complexity index is 1080. The van der Waals surface area contributed by atoms with Gasteiger partial charge in [0, 0.05) is 47.0 Å². The van der Waals surface area contributed by atoms with Gasteiger partial charge in [-0.3, -0.25) is 10.0 Å². The summed E-state index contributed by atoms with van der Waals surface area (Å²) in [6, 6.07) is 5.95. The van der Waals surface area contributed by atoms with Crippen LogP contribution in [0.3, 0.4) is 0 Å². The normalized spacial score (nSPS) is 16.3. The van der Waals surface area contributed by atoms with Crippen molar-refractivity contribution in [1.29, 1.82) is 0 Å². The van der Waals surface area contributed by atoms with Crippen molar-refractivity contribution in [2.24, 2.45) is 0 Å². The summed E-state index contributed by atoms with van der Waals surface area (Å²) in [5.74, 6) is 0. The first-order valence-electron chi connectivity index (χ1n) is 13.1. The minimum absolute atomic E-state index is 0.0968. The Labute approximate surface area is 234 Å². The van der Waals surface area contributed by atoms with Crippen LogP contribution in [0.2, 0.25) is 0 Å². The van der Waals surface area contributed by atoms with Crippen LogP contribution in [-0.2, 0) is 9.47 Å². The molecule has 11 heteroatoms. The van der Waals surface area contributed by atoms with E-state index >= 15 is 0 Å². The van der Waals surface area contributed by atoms with E-state index in [4.69, 9.17) is 14.5 Å². The third-order valence-electron chi connectivity index (χ3n) is 5.46. The predicted molar refractivity (Wildman–Crippen MR) is 156 cm³/mol. The lowest BCUT2D eigenvalue weighted by Gasteiger charge is -2.21. The quantitative estimate of drug-likeness (QED) is 0.307. The average Bonchev–Trinajstić information content (AvgIpc) is 3.16. The van der Waals surface area contributed by atoms with Gasteiger partial charge in [-0.2, -0.15) is 0 Å². The standard InChI is InChI=1S/C27H41N5O4S2/c1-17(2)35-25(33)29-19-9-8-13-32(14-12-19)24-28-16-23(37-24)21-11-10-20(30-26(34)36-18(3)4)15-22(21)38-31-27(5,6)7/h10-11,15-19,31H,8-9,12-14H2,1-7H3,(H,29,33)(H,30,34). The van der Waals surface area contributed by atoms with Gasteiger partial charge in [0.25, 0.3) is 0 Å². The minimum atomic E-state index is -0.473. The van der Waals surface area contributed by atoms with Gasteiger partial charge in [-0.05, 0) is 91.8 Å². The van der Waals surface area contributed by atoms with Gasteiger partial charge in [0.1, 0.15) is 0 Å². The van der Waals surface area contributed by atoms with Gasteiger partial charge in [0.05, 0.1) is 17.1 Å². The van der Waals surface area contributed by atoms with E-state index in [1.54, 1.807) is 11.3 Å². The number of benzene rings is 1. The second-order valence-corrected chi connectivity index (χ2v) is 12.8. The molecular formula is C27H41N5O4S2. The molecule has 1 aromatic carbocycles. The van der Waals surface area contributed by atoms with Crippen molar-refractivity contribution in [3.05, 3.63) is 24.4 Å². The number of ether oxygens (including phenoxy) is 2. The molecule has 1 aliphatic heterocycles. The fourth-order valence-electron chi connectivity index (χ4n) is 3.84. The van der Waals surface area contributed by atoms with Crippen molar-refractivity contribution in [2.45, 2.75) is 96.4 Å². The van der Waals surface area contributed by atoms with Crippen molar-refractivity contribution in [2.75, 3.05) is 23.3 Å². The van der Waals surface area contributed by atoms with Crippen molar-refractivity contribution in [3.63, 3.8) is 0 Å². The van der Waals surface area contributed by atoms with Crippen molar-refractivity contribution >= 4 is 46.3 Å². The van der Waals surface area contributed by atoms with Gasteiger partial charge >= 0.3 is 12.2 Å². The molecule has 210 valence electrons. The van der Waals surface area contributed by atoms with Gasteiger partial charge < -0.3 is 19.7 Å². The third kappa shape index (κ3) is 9.67. The van der Waals surface area contributed by atoms with Crippen LogP contribution in [0.25, 0.3) is 10.4 Å². The molecule has 2 aromatic rings. The van der Waals surface area contributed by atoms with E-state index in [2.05, 4.69) is 41.0 Å². The number of hydrogen-bond donors (Lipinski definition) is 3. The lowest BCUT2D eigenvalue weighted by Crippen LogP contribution is -2.37. The van der Waals surface area contributed by atoms with Crippen molar-refractivity contribution in [3.8, 4) is 10.4 Å². The van der Waals surface area contributed by atoms with Gasteiger partial charge in [0.15, 0.2) is 5.13 Å². The number of carbonyl (C=O) groups is 2. The van der Waals surface area contributed by atoms with Gasteiger partial charge in [-0.1, -0.05) is 17.4 Å². The maximum Gasteiger partial charge on any atom is 0.411 e. The highest BCUT2D eigenvalue weighted by molar-refractivity contribution is 7.97. The molecule has 0 radical (unpaired) electrons. The molecule has 1 saturated heterocycles. The van der Waals surface area contributed by atoms with Gasteiger partial charge in [0.2, 0.25) is 0 Å². The van der Waals surface area contributed by atoms with Crippen LogP contribution in [0.5, 0.6) is 0 Å². The monoisotopic (exact) mass is 563 g/mol. The number of thiazole rings is 1. The fraction of sp³-hybridized carbons (Fsp3) is 0.593. The lowest BCUT2D eigenvalue weighted by atomic mass is 10.1. The van der Waals surface area contributed by atoms with Crippen LogP contribution in [0.1, 0.15) is 67.7 Å². The largest absolute Gasteiger partial charge is 0.447 e. The smallest absolute Gasteiger partial charge is 0.411 e. The number of anilines is 2. The van der Waals surface area contributed by atoms with Crippen LogP contribution >= 0.6 is 23.3 Å². The number of alkyl carbamates (subject to hydrolysis) is 1. The fourth-order valence-corrected chi connectivity index (χ4v) is 5.80. The average molecular weight is 564 g/mol. The predicted octanol–water partition coefficient (Wildman–Crippen LogP) is 6.66. The first-order chi connectivity index (χ1) is 17.9. The Balaban J connectivity index is 1.74. The van der Waals surface area contributed by atoms with E-state index in [9.17, 15) is 9.59 Å². The Morgan fingerprint density at radius 1 is 1.08 bits per heavy atom. The summed E-state index contributed by atoms with van der Waals surface area (Å²) in [6.07, 6.45) is 3.48. The molecule has 1 aliphatic rings. The highest BCUT2D eigenvalue weighted by Gasteiger charge is 2.22.